The molecule has 1 aliphatic rings. The predicted molar refractivity (Wildman–Crippen MR) is 177 cm³/mol. The van der Waals surface area contributed by atoms with Gasteiger partial charge in [0, 0.05) is 11.4 Å². The van der Waals surface area contributed by atoms with Crippen molar-refractivity contribution in [3.8, 4) is 5.75 Å². The second-order valence-electron chi connectivity index (χ2n) is 11.3. The molecular formula is C37H39N3O6. The SMILES string of the molecule is COC(=O)c1ccc(OCC2CCC(COCc3ccccc3)N2C(=O)Cc2ccc(NC(=O)Nc3ccccc3C)cc2)cc1. The van der Waals surface area contributed by atoms with Crippen LogP contribution in [0.2, 0.25) is 0 Å². The molecule has 0 bridgehead atoms. The second kappa shape index (κ2) is 15.7. The zero-order chi connectivity index (χ0) is 32.3. The number of anilines is 2. The Bertz CT molecular complexity index is 1610. The zero-order valence-corrected chi connectivity index (χ0v) is 26.1. The molecule has 1 heterocycles. The van der Waals surface area contributed by atoms with Crippen molar-refractivity contribution in [1.82, 2.24) is 4.90 Å². The van der Waals surface area contributed by atoms with E-state index in [0.717, 1.165) is 35.2 Å². The van der Waals surface area contributed by atoms with Crippen molar-refractivity contribution >= 4 is 29.3 Å². The van der Waals surface area contributed by atoms with E-state index >= 15 is 0 Å². The number of likely N-dealkylation sites (tertiary alicyclic amines) is 1. The van der Waals surface area contributed by atoms with E-state index in [2.05, 4.69) is 10.6 Å². The van der Waals surface area contributed by atoms with Crippen molar-refractivity contribution in [1.29, 1.82) is 0 Å². The Labute approximate surface area is 269 Å². The topological polar surface area (TPSA) is 106 Å². The largest absolute Gasteiger partial charge is 0.491 e. The molecule has 46 heavy (non-hydrogen) atoms. The van der Waals surface area contributed by atoms with Crippen LogP contribution in [0, 0.1) is 6.92 Å². The van der Waals surface area contributed by atoms with Crippen LogP contribution in [-0.4, -0.2) is 55.2 Å². The molecule has 4 aromatic carbocycles. The summed E-state index contributed by atoms with van der Waals surface area (Å²) in [7, 11) is 1.34. The van der Waals surface area contributed by atoms with E-state index in [1.807, 2.05) is 78.6 Å². The first-order chi connectivity index (χ1) is 22.4. The molecule has 1 aliphatic heterocycles. The van der Waals surface area contributed by atoms with Gasteiger partial charge in [0.2, 0.25) is 5.91 Å². The number of urea groups is 1. The molecule has 0 aliphatic carbocycles. The highest BCUT2D eigenvalue weighted by Crippen LogP contribution is 2.27. The highest BCUT2D eigenvalue weighted by molar-refractivity contribution is 6.00. The first kappa shape index (κ1) is 32.2. The number of nitrogens with one attached hydrogen (secondary N) is 2. The fourth-order valence-corrected chi connectivity index (χ4v) is 5.55. The summed E-state index contributed by atoms with van der Waals surface area (Å²) in [6.45, 7) is 3.14. The van der Waals surface area contributed by atoms with Crippen LogP contribution in [0.5, 0.6) is 5.75 Å². The molecule has 0 aromatic heterocycles. The lowest BCUT2D eigenvalue weighted by Gasteiger charge is -2.30. The van der Waals surface area contributed by atoms with Gasteiger partial charge in [-0.05, 0) is 78.9 Å². The average molecular weight is 622 g/mol. The van der Waals surface area contributed by atoms with E-state index in [-0.39, 0.29) is 30.4 Å². The summed E-state index contributed by atoms with van der Waals surface area (Å²) in [6.07, 6.45) is 1.79. The van der Waals surface area contributed by atoms with E-state index in [4.69, 9.17) is 14.2 Å². The summed E-state index contributed by atoms with van der Waals surface area (Å²) < 4.78 is 16.9. The van der Waals surface area contributed by atoms with Gasteiger partial charge in [-0.2, -0.15) is 0 Å². The molecular weight excluding hydrogens is 582 g/mol. The van der Waals surface area contributed by atoms with Gasteiger partial charge in [0.05, 0.1) is 44.4 Å². The lowest BCUT2D eigenvalue weighted by Crippen LogP contribution is -2.46. The smallest absolute Gasteiger partial charge is 0.337 e. The van der Waals surface area contributed by atoms with Crippen molar-refractivity contribution in [2.45, 2.75) is 44.9 Å². The molecule has 1 saturated heterocycles. The number of carbonyl (C=O) groups is 3. The number of rotatable bonds is 12. The van der Waals surface area contributed by atoms with E-state index in [1.54, 1.807) is 36.4 Å². The van der Waals surface area contributed by atoms with Crippen molar-refractivity contribution in [2.24, 2.45) is 0 Å². The summed E-state index contributed by atoms with van der Waals surface area (Å²) in [5.41, 5.74) is 4.69. The van der Waals surface area contributed by atoms with Gasteiger partial charge >= 0.3 is 12.0 Å². The van der Waals surface area contributed by atoms with Gasteiger partial charge in [-0.15, -0.1) is 0 Å². The van der Waals surface area contributed by atoms with Crippen LogP contribution in [0.15, 0.2) is 103 Å². The predicted octanol–water partition coefficient (Wildman–Crippen LogP) is 6.62. The maximum atomic E-state index is 13.8. The lowest BCUT2D eigenvalue weighted by molar-refractivity contribution is -0.135. The molecule has 2 unspecified atom stereocenters. The fourth-order valence-electron chi connectivity index (χ4n) is 5.55. The van der Waals surface area contributed by atoms with E-state index in [1.165, 1.54) is 7.11 Å². The number of methoxy groups -OCH3 is 1. The third kappa shape index (κ3) is 8.73. The molecule has 238 valence electrons. The average Bonchev–Trinajstić information content (AvgIpc) is 3.49. The van der Waals surface area contributed by atoms with Gasteiger partial charge in [0.1, 0.15) is 12.4 Å². The molecule has 1 fully saturated rings. The van der Waals surface area contributed by atoms with Crippen LogP contribution in [-0.2, 0) is 27.3 Å². The molecule has 9 heteroatoms. The number of ether oxygens (including phenoxy) is 3. The number of para-hydroxylation sites is 1. The third-order valence-electron chi connectivity index (χ3n) is 8.01. The summed E-state index contributed by atoms with van der Waals surface area (Å²) >= 11 is 0. The fraction of sp³-hybridized carbons (Fsp3) is 0.270. The van der Waals surface area contributed by atoms with Gasteiger partial charge in [0.25, 0.3) is 0 Å². The first-order valence-electron chi connectivity index (χ1n) is 15.4. The number of carbonyl (C=O) groups excluding carboxylic acids is 3. The van der Waals surface area contributed by atoms with Crippen molar-refractivity contribution < 1.29 is 28.6 Å². The minimum Gasteiger partial charge on any atom is -0.491 e. The van der Waals surface area contributed by atoms with Gasteiger partial charge in [-0.3, -0.25) is 4.79 Å². The van der Waals surface area contributed by atoms with Crippen molar-refractivity contribution in [3.63, 3.8) is 0 Å². The molecule has 3 amide bonds. The molecule has 2 N–H and O–H groups in total. The number of nitrogens with zero attached hydrogens (tertiary/aromatic N) is 1. The third-order valence-corrected chi connectivity index (χ3v) is 8.01. The highest BCUT2D eigenvalue weighted by atomic mass is 16.5. The van der Waals surface area contributed by atoms with E-state index < -0.39 is 5.97 Å². The molecule has 5 rings (SSSR count). The Morgan fingerprint density at radius 3 is 2.13 bits per heavy atom. The Hall–Kier alpha value is -5.15. The van der Waals surface area contributed by atoms with Crippen LogP contribution in [0.1, 0.15) is 39.9 Å². The number of benzene rings is 4. The maximum absolute atomic E-state index is 13.8. The summed E-state index contributed by atoms with van der Waals surface area (Å²) in [6, 6.07) is 31.0. The minimum atomic E-state index is -0.410. The van der Waals surface area contributed by atoms with E-state index in [9.17, 15) is 14.4 Å². The van der Waals surface area contributed by atoms with Gasteiger partial charge in [0.15, 0.2) is 0 Å². The monoisotopic (exact) mass is 621 g/mol. The summed E-state index contributed by atoms with van der Waals surface area (Å²) in [5.74, 6) is 0.184. The molecule has 0 saturated carbocycles. The number of aryl methyl sites for hydroxylation is 1. The minimum absolute atomic E-state index is 0.0153. The number of hydrogen-bond donors (Lipinski definition) is 2. The quantitative estimate of drug-likeness (QED) is 0.172. The van der Waals surface area contributed by atoms with Crippen molar-refractivity contribution in [3.05, 3.63) is 125 Å². The van der Waals surface area contributed by atoms with Gasteiger partial charge in [-0.1, -0.05) is 60.7 Å². The Balaban J connectivity index is 1.21. The van der Waals surface area contributed by atoms with Crippen LogP contribution >= 0.6 is 0 Å². The summed E-state index contributed by atoms with van der Waals surface area (Å²) in [4.78, 5) is 40.0. The lowest BCUT2D eigenvalue weighted by atomic mass is 10.1. The Morgan fingerprint density at radius 2 is 1.43 bits per heavy atom. The maximum Gasteiger partial charge on any atom is 0.337 e. The molecule has 0 radical (unpaired) electrons. The standard InChI is InChI=1S/C37H39N3O6/c1-26-8-6-7-11-34(26)39-37(43)38-30-16-12-27(13-17-30)22-35(41)40-31(24-45-23-28-9-4-3-5-10-28)18-19-32(40)25-46-33-20-14-29(15-21-33)36(42)44-2/h3-17,20-21,31-32H,18-19,22-25H2,1-2H3,(H2,38,39,43). The summed E-state index contributed by atoms with van der Waals surface area (Å²) in [5, 5.41) is 5.70. The number of esters is 1. The van der Waals surface area contributed by atoms with Crippen LogP contribution in [0.25, 0.3) is 0 Å². The van der Waals surface area contributed by atoms with Crippen molar-refractivity contribution in [2.75, 3.05) is 31.0 Å². The normalized spacial score (nSPS) is 15.7. The van der Waals surface area contributed by atoms with Crippen LogP contribution in [0.3, 0.4) is 0 Å². The molecule has 2 atom stereocenters. The zero-order valence-electron chi connectivity index (χ0n) is 26.1. The first-order valence-corrected chi connectivity index (χ1v) is 15.4. The van der Waals surface area contributed by atoms with Gasteiger partial charge in [-0.25, -0.2) is 9.59 Å². The Morgan fingerprint density at radius 1 is 0.761 bits per heavy atom. The molecule has 0 spiro atoms. The van der Waals surface area contributed by atoms with E-state index in [0.29, 0.717) is 36.8 Å². The second-order valence-corrected chi connectivity index (χ2v) is 11.3. The van der Waals surface area contributed by atoms with Crippen LogP contribution in [0.4, 0.5) is 16.2 Å². The number of amides is 3. The highest BCUT2D eigenvalue weighted by Gasteiger charge is 2.37. The van der Waals surface area contributed by atoms with Gasteiger partial charge < -0.3 is 29.7 Å². The van der Waals surface area contributed by atoms with Crippen LogP contribution < -0.4 is 15.4 Å². The number of hydrogen-bond acceptors (Lipinski definition) is 6. The Kier molecular flexibility index (Phi) is 11.0. The molecule has 9 nitrogen and oxygen atoms in total. The molecule has 4 aromatic rings.